The van der Waals surface area contributed by atoms with E-state index in [1.165, 1.54) is 17.0 Å². The van der Waals surface area contributed by atoms with Gasteiger partial charge in [0.05, 0.1) is 22.9 Å². The zero-order chi connectivity index (χ0) is 19.5. The lowest BCUT2D eigenvalue weighted by Gasteiger charge is -2.25. The third kappa shape index (κ3) is 2.33. The standard InChI is InChI=1S/C22H20FN3O2/c1-25-13-24-17-11-14(7-8-15(17)21(25)28)20(27)26-12-22(9-2-3-10-22)19-16(23)5-4-6-18(19)26/h4-8,11,13H,2-3,9-10,12H2,1H3. The summed E-state index contributed by atoms with van der Waals surface area (Å²) in [6.45, 7) is 0.504. The molecule has 2 aromatic carbocycles. The van der Waals surface area contributed by atoms with Gasteiger partial charge in [0.25, 0.3) is 11.5 Å². The van der Waals surface area contributed by atoms with Gasteiger partial charge in [-0.2, -0.15) is 0 Å². The van der Waals surface area contributed by atoms with Crippen molar-refractivity contribution in [1.82, 2.24) is 9.55 Å². The van der Waals surface area contributed by atoms with Crippen LogP contribution in [-0.4, -0.2) is 22.0 Å². The van der Waals surface area contributed by atoms with Crippen molar-refractivity contribution >= 4 is 22.5 Å². The van der Waals surface area contributed by atoms with Crippen molar-refractivity contribution in [3.8, 4) is 0 Å². The van der Waals surface area contributed by atoms with Gasteiger partial charge in [-0.25, -0.2) is 9.37 Å². The number of fused-ring (bicyclic) bond motifs is 3. The summed E-state index contributed by atoms with van der Waals surface area (Å²) >= 11 is 0. The highest BCUT2D eigenvalue weighted by molar-refractivity contribution is 6.09. The molecule has 1 aliphatic heterocycles. The topological polar surface area (TPSA) is 55.2 Å². The van der Waals surface area contributed by atoms with Crippen molar-refractivity contribution in [2.75, 3.05) is 11.4 Å². The maximum atomic E-state index is 14.7. The molecular weight excluding hydrogens is 357 g/mol. The molecule has 2 aliphatic rings. The summed E-state index contributed by atoms with van der Waals surface area (Å²) in [5.41, 5.74) is 1.88. The van der Waals surface area contributed by atoms with E-state index in [1.807, 2.05) is 6.07 Å². The van der Waals surface area contributed by atoms with Crippen LogP contribution >= 0.6 is 0 Å². The van der Waals surface area contributed by atoms with Crippen LogP contribution in [0, 0.1) is 5.82 Å². The Morgan fingerprint density at radius 2 is 1.96 bits per heavy atom. The van der Waals surface area contributed by atoms with Crippen molar-refractivity contribution in [1.29, 1.82) is 0 Å². The average molecular weight is 377 g/mol. The molecule has 1 fully saturated rings. The first-order chi connectivity index (χ1) is 13.5. The Morgan fingerprint density at radius 3 is 2.75 bits per heavy atom. The molecular formula is C22H20FN3O2. The monoisotopic (exact) mass is 377 g/mol. The fraction of sp³-hybridized carbons (Fsp3) is 0.318. The van der Waals surface area contributed by atoms with Crippen LogP contribution in [0.5, 0.6) is 0 Å². The summed E-state index contributed by atoms with van der Waals surface area (Å²) in [5.74, 6) is -0.404. The van der Waals surface area contributed by atoms with E-state index >= 15 is 0 Å². The summed E-state index contributed by atoms with van der Waals surface area (Å²) < 4.78 is 16.1. The first-order valence-electron chi connectivity index (χ1n) is 9.56. The van der Waals surface area contributed by atoms with Crippen LogP contribution in [-0.2, 0) is 12.5 Å². The highest BCUT2D eigenvalue weighted by Gasteiger charge is 2.48. The fourth-order valence-electron chi connectivity index (χ4n) is 4.87. The number of aromatic nitrogens is 2. The molecule has 0 atom stereocenters. The van der Waals surface area contributed by atoms with E-state index < -0.39 is 0 Å². The van der Waals surface area contributed by atoms with Crippen LogP contribution in [0.4, 0.5) is 10.1 Å². The van der Waals surface area contributed by atoms with Gasteiger partial charge in [0.15, 0.2) is 0 Å². The van der Waals surface area contributed by atoms with Crippen molar-refractivity contribution in [3.63, 3.8) is 0 Å². The maximum absolute atomic E-state index is 14.7. The Morgan fingerprint density at radius 1 is 1.18 bits per heavy atom. The minimum absolute atomic E-state index is 0.150. The number of benzene rings is 2. The Kier molecular flexibility index (Phi) is 3.66. The van der Waals surface area contributed by atoms with Crippen LogP contribution in [0.15, 0.2) is 47.5 Å². The molecule has 1 saturated carbocycles. The van der Waals surface area contributed by atoms with Crippen LogP contribution in [0.1, 0.15) is 41.6 Å². The molecule has 1 spiro atoms. The van der Waals surface area contributed by atoms with Gasteiger partial charge in [-0.05, 0) is 43.2 Å². The molecule has 1 aliphatic carbocycles. The number of hydrogen-bond donors (Lipinski definition) is 0. The van der Waals surface area contributed by atoms with Crippen molar-refractivity contribution in [2.24, 2.45) is 7.05 Å². The predicted octanol–water partition coefficient (Wildman–Crippen LogP) is 3.54. The number of amides is 1. The number of hydrogen-bond acceptors (Lipinski definition) is 3. The molecule has 1 aromatic heterocycles. The van der Waals surface area contributed by atoms with Crippen LogP contribution in [0.3, 0.4) is 0 Å². The molecule has 5 nitrogen and oxygen atoms in total. The van der Waals surface area contributed by atoms with Gasteiger partial charge in [-0.1, -0.05) is 18.9 Å². The van der Waals surface area contributed by atoms with E-state index in [4.69, 9.17) is 0 Å². The quantitative estimate of drug-likeness (QED) is 0.652. The summed E-state index contributed by atoms with van der Waals surface area (Å²) in [5, 5.41) is 0.474. The Balaban J connectivity index is 1.60. The molecule has 0 bridgehead atoms. The van der Waals surface area contributed by atoms with Crippen LogP contribution in [0.25, 0.3) is 10.9 Å². The average Bonchev–Trinajstić information content (AvgIpc) is 3.30. The maximum Gasteiger partial charge on any atom is 0.260 e. The van der Waals surface area contributed by atoms with Gasteiger partial charge in [-0.15, -0.1) is 0 Å². The third-order valence-corrected chi connectivity index (χ3v) is 6.24. The smallest absolute Gasteiger partial charge is 0.260 e. The Bertz CT molecular complexity index is 1180. The molecule has 0 N–H and O–H groups in total. The van der Waals surface area contributed by atoms with Gasteiger partial charge < -0.3 is 9.47 Å². The van der Waals surface area contributed by atoms with Crippen molar-refractivity contribution in [2.45, 2.75) is 31.1 Å². The largest absolute Gasteiger partial charge is 0.307 e. The van der Waals surface area contributed by atoms with E-state index in [2.05, 4.69) is 4.98 Å². The van der Waals surface area contributed by atoms with Crippen LogP contribution in [0.2, 0.25) is 0 Å². The zero-order valence-electron chi connectivity index (χ0n) is 15.6. The highest BCUT2D eigenvalue weighted by atomic mass is 19.1. The molecule has 0 saturated heterocycles. The van der Waals surface area contributed by atoms with E-state index in [0.29, 0.717) is 34.3 Å². The second-order valence-electron chi connectivity index (χ2n) is 7.91. The summed E-state index contributed by atoms with van der Waals surface area (Å²) in [6.07, 6.45) is 5.37. The minimum atomic E-state index is -0.276. The number of nitrogens with zero attached hydrogens (tertiary/aromatic N) is 3. The predicted molar refractivity (Wildman–Crippen MR) is 105 cm³/mol. The number of anilines is 1. The zero-order valence-corrected chi connectivity index (χ0v) is 15.6. The number of carbonyl (C=O) groups is 1. The second-order valence-corrected chi connectivity index (χ2v) is 7.91. The lowest BCUT2D eigenvalue weighted by molar-refractivity contribution is 0.0985. The molecule has 142 valence electrons. The number of aryl methyl sites for hydroxylation is 1. The molecule has 28 heavy (non-hydrogen) atoms. The second kappa shape index (κ2) is 5.99. The van der Waals surface area contributed by atoms with Gasteiger partial charge in [-0.3, -0.25) is 9.59 Å². The molecule has 3 aromatic rings. The normalized spacial score (nSPS) is 17.4. The van der Waals surface area contributed by atoms with E-state index in [-0.39, 0.29) is 22.7 Å². The molecule has 0 unspecified atom stereocenters. The molecule has 2 heterocycles. The fourth-order valence-corrected chi connectivity index (χ4v) is 4.87. The first kappa shape index (κ1) is 17.1. The summed E-state index contributed by atoms with van der Waals surface area (Å²) in [4.78, 5) is 31.5. The Hall–Kier alpha value is -3.02. The van der Waals surface area contributed by atoms with E-state index in [1.54, 1.807) is 36.2 Å². The third-order valence-electron chi connectivity index (χ3n) is 6.24. The van der Waals surface area contributed by atoms with Gasteiger partial charge >= 0.3 is 0 Å². The lowest BCUT2D eigenvalue weighted by Crippen LogP contribution is -2.35. The highest BCUT2D eigenvalue weighted by Crippen LogP contribution is 2.51. The van der Waals surface area contributed by atoms with Crippen molar-refractivity contribution < 1.29 is 9.18 Å². The van der Waals surface area contributed by atoms with E-state index in [9.17, 15) is 14.0 Å². The Labute approximate surface area is 161 Å². The van der Waals surface area contributed by atoms with Crippen molar-refractivity contribution in [3.05, 3.63) is 70.0 Å². The number of rotatable bonds is 1. The molecule has 5 rings (SSSR count). The minimum Gasteiger partial charge on any atom is -0.307 e. The molecule has 0 radical (unpaired) electrons. The lowest BCUT2D eigenvalue weighted by atomic mass is 9.80. The summed E-state index contributed by atoms with van der Waals surface area (Å²) in [7, 11) is 1.64. The molecule has 1 amide bonds. The first-order valence-corrected chi connectivity index (χ1v) is 9.56. The van der Waals surface area contributed by atoms with Gasteiger partial charge in [0, 0.05) is 30.1 Å². The SMILES string of the molecule is Cn1cnc2cc(C(=O)N3CC4(CCCC4)c4c(F)cccc43)ccc2c1=O. The van der Waals surface area contributed by atoms with Gasteiger partial charge in [0.1, 0.15) is 5.82 Å². The van der Waals surface area contributed by atoms with Gasteiger partial charge in [0.2, 0.25) is 0 Å². The van der Waals surface area contributed by atoms with Crippen LogP contribution < -0.4 is 10.5 Å². The van der Waals surface area contributed by atoms with E-state index in [0.717, 1.165) is 25.7 Å². The summed E-state index contributed by atoms with van der Waals surface area (Å²) in [6, 6.07) is 9.94. The number of carbonyl (C=O) groups excluding carboxylic acids is 1. The molecule has 6 heteroatoms. The number of halogens is 1.